The SMILES string of the molecule is C#Cc1ccncc1.Cl. The second kappa shape index (κ2) is 3.94. The van der Waals surface area contributed by atoms with E-state index in [1.165, 1.54) is 0 Å². The largest absolute Gasteiger partial charge is 0.265 e. The topological polar surface area (TPSA) is 12.9 Å². The molecule has 0 amide bonds. The predicted octanol–water partition coefficient (Wildman–Crippen LogP) is 1.48. The van der Waals surface area contributed by atoms with Crippen molar-refractivity contribution >= 4 is 12.4 Å². The Hall–Kier alpha value is -1.00. The van der Waals surface area contributed by atoms with Crippen molar-refractivity contribution in [3.63, 3.8) is 0 Å². The highest BCUT2D eigenvalue weighted by molar-refractivity contribution is 5.85. The number of hydrogen-bond donors (Lipinski definition) is 0. The Bertz CT molecular complexity index is 200. The average Bonchev–Trinajstić information content (AvgIpc) is 1.90. The van der Waals surface area contributed by atoms with Gasteiger partial charge in [0.15, 0.2) is 0 Å². The van der Waals surface area contributed by atoms with Crippen LogP contribution >= 0.6 is 12.4 Å². The molecule has 0 saturated heterocycles. The van der Waals surface area contributed by atoms with Gasteiger partial charge in [-0.3, -0.25) is 4.98 Å². The van der Waals surface area contributed by atoms with Crippen LogP contribution in [0.4, 0.5) is 0 Å². The molecule has 0 spiro atoms. The lowest BCUT2D eigenvalue weighted by molar-refractivity contribution is 1.32. The lowest BCUT2D eigenvalue weighted by atomic mass is 10.3. The Kier molecular flexibility index (Phi) is 3.50. The molecule has 0 aliphatic carbocycles. The summed E-state index contributed by atoms with van der Waals surface area (Å²) in [7, 11) is 0. The molecule has 0 unspecified atom stereocenters. The second-order valence-electron chi connectivity index (χ2n) is 1.38. The van der Waals surface area contributed by atoms with Gasteiger partial charge in [-0.2, -0.15) is 0 Å². The molecule has 0 radical (unpaired) electrons. The third-order valence-electron chi connectivity index (χ3n) is 0.847. The van der Waals surface area contributed by atoms with E-state index in [1.54, 1.807) is 24.5 Å². The molecule has 9 heavy (non-hydrogen) atoms. The van der Waals surface area contributed by atoms with Crippen LogP contribution in [-0.4, -0.2) is 4.98 Å². The minimum atomic E-state index is 0. The smallest absolute Gasteiger partial charge is 0.0280 e. The van der Waals surface area contributed by atoms with Gasteiger partial charge in [0.2, 0.25) is 0 Å². The molecule has 1 heterocycles. The van der Waals surface area contributed by atoms with Crippen molar-refractivity contribution < 1.29 is 0 Å². The molecule has 0 atom stereocenters. The molecule has 0 fully saturated rings. The third kappa shape index (κ3) is 2.16. The van der Waals surface area contributed by atoms with E-state index < -0.39 is 0 Å². The van der Waals surface area contributed by atoms with Crippen molar-refractivity contribution in [1.82, 2.24) is 4.98 Å². The maximum absolute atomic E-state index is 5.07. The highest BCUT2D eigenvalue weighted by Gasteiger charge is 1.77. The third-order valence-corrected chi connectivity index (χ3v) is 0.847. The van der Waals surface area contributed by atoms with Crippen LogP contribution in [0.25, 0.3) is 0 Å². The summed E-state index contributed by atoms with van der Waals surface area (Å²) in [5.41, 5.74) is 0.875. The maximum Gasteiger partial charge on any atom is 0.0280 e. The zero-order valence-corrected chi connectivity index (χ0v) is 5.56. The molecule has 1 rings (SSSR count). The van der Waals surface area contributed by atoms with Gasteiger partial charge in [-0.15, -0.1) is 18.8 Å². The van der Waals surface area contributed by atoms with Crippen LogP contribution in [0, 0.1) is 12.3 Å². The first-order chi connectivity index (χ1) is 3.93. The molecular weight excluding hydrogens is 134 g/mol. The van der Waals surface area contributed by atoms with E-state index in [0.29, 0.717) is 0 Å². The van der Waals surface area contributed by atoms with E-state index >= 15 is 0 Å². The number of rotatable bonds is 0. The molecule has 1 aromatic heterocycles. The monoisotopic (exact) mass is 139 g/mol. The number of halogens is 1. The first-order valence-electron chi connectivity index (χ1n) is 2.30. The summed E-state index contributed by atoms with van der Waals surface area (Å²) in [5.74, 6) is 2.49. The van der Waals surface area contributed by atoms with E-state index in [2.05, 4.69) is 10.9 Å². The van der Waals surface area contributed by atoms with Crippen LogP contribution in [0.15, 0.2) is 24.5 Å². The van der Waals surface area contributed by atoms with Crippen LogP contribution in [0.2, 0.25) is 0 Å². The quantitative estimate of drug-likeness (QED) is 0.497. The molecular formula is C7H6ClN. The number of nitrogens with zero attached hydrogens (tertiary/aromatic N) is 1. The maximum atomic E-state index is 5.07. The molecule has 0 aromatic carbocycles. The highest BCUT2D eigenvalue weighted by Crippen LogP contribution is 1.89. The van der Waals surface area contributed by atoms with Gasteiger partial charge in [-0.1, -0.05) is 5.92 Å². The van der Waals surface area contributed by atoms with Crippen molar-refractivity contribution in [3.8, 4) is 12.3 Å². The van der Waals surface area contributed by atoms with E-state index in [-0.39, 0.29) is 12.4 Å². The molecule has 1 nitrogen and oxygen atoms in total. The fraction of sp³-hybridized carbons (Fsp3) is 0. The molecule has 1 aromatic rings. The molecule has 0 bridgehead atoms. The van der Waals surface area contributed by atoms with Gasteiger partial charge in [0.25, 0.3) is 0 Å². The van der Waals surface area contributed by atoms with Crippen LogP contribution in [0.5, 0.6) is 0 Å². The van der Waals surface area contributed by atoms with Gasteiger partial charge in [-0.25, -0.2) is 0 Å². The van der Waals surface area contributed by atoms with Gasteiger partial charge in [0.05, 0.1) is 0 Å². The molecule has 0 aliphatic heterocycles. The van der Waals surface area contributed by atoms with Crippen LogP contribution in [0.1, 0.15) is 5.56 Å². The normalized spacial score (nSPS) is 7.00. The van der Waals surface area contributed by atoms with Crippen molar-refractivity contribution in [2.24, 2.45) is 0 Å². The predicted molar refractivity (Wildman–Crippen MR) is 39.4 cm³/mol. The van der Waals surface area contributed by atoms with Gasteiger partial charge < -0.3 is 0 Å². The summed E-state index contributed by atoms with van der Waals surface area (Å²) in [6.07, 6.45) is 8.42. The summed E-state index contributed by atoms with van der Waals surface area (Å²) in [6.45, 7) is 0. The van der Waals surface area contributed by atoms with E-state index in [4.69, 9.17) is 6.42 Å². The minimum absolute atomic E-state index is 0. The van der Waals surface area contributed by atoms with E-state index in [9.17, 15) is 0 Å². The molecule has 2 heteroatoms. The average molecular weight is 140 g/mol. The van der Waals surface area contributed by atoms with Gasteiger partial charge in [0, 0.05) is 18.0 Å². The fourth-order valence-corrected chi connectivity index (χ4v) is 0.448. The second-order valence-corrected chi connectivity index (χ2v) is 1.38. The van der Waals surface area contributed by atoms with Gasteiger partial charge in [0.1, 0.15) is 0 Å². The number of pyridine rings is 1. The van der Waals surface area contributed by atoms with Gasteiger partial charge >= 0.3 is 0 Å². The first kappa shape index (κ1) is 8.00. The minimum Gasteiger partial charge on any atom is -0.265 e. The zero-order chi connectivity index (χ0) is 5.82. The Morgan fingerprint density at radius 2 is 1.89 bits per heavy atom. The van der Waals surface area contributed by atoms with Crippen LogP contribution in [0.3, 0.4) is 0 Å². The van der Waals surface area contributed by atoms with Crippen LogP contribution in [-0.2, 0) is 0 Å². The lowest BCUT2D eigenvalue weighted by Crippen LogP contribution is -1.71. The Morgan fingerprint density at radius 1 is 1.33 bits per heavy atom. The van der Waals surface area contributed by atoms with Crippen molar-refractivity contribution in [1.29, 1.82) is 0 Å². The fourth-order valence-electron chi connectivity index (χ4n) is 0.448. The Balaban J connectivity index is 0.000000640. The summed E-state index contributed by atoms with van der Waals surface area (Å²) in [5, 5.41) is 0. The zero-order valence-electron chi connectivity index (χ0n) is 4.74. The molecule has 0 aliphatic rings. The lowest BCUT2D eigenvalue weighted by Gasteiger charge is -1.82. The molecule has 0 N–H and O–H groups in total. The summed E-state index contributed by atoms with van der Waals surface area (Å²) in [6, 6.07) is 3.58. The van der Waals surface area contributed by atoms with Crippen molar-refractivity contribution in [2.75, 3.05) is 0 Å². The van der Waals surface area contributed by atoms with Crippen LogP contribution < -0.4 is 0 Å². The number of terminal acetylenes is 1. The van der Waals surface area contributed by atoms with E-state index in [1.807, 2.05) is 0 Å². The summed E-state index contributed by atoms with van der Waals surface area (Å²) >= 11 is 0. The summed E-state index contributed by atoms with van der Waals surface area (Å²) < 4.78 is 0. The summed E-state index contributed by atoms with van der Waals surface area (Å²) in [4.78, 5) is 3.80. The first-order valence-corrected chi connectivity index (χ1v) is 2.30. The van der Waals surface area contributed by atoms with Crippen molar-refractivity contribution in [2.45, 2.75) is 0 Å². The van der Waals surface area contributed by atoms with Crippen molar-refractivity contribution in [3.05, 3.63) is 30.1 Å². The number of hydrogen-bond acceptors (Lipinski definition) is 1. The Labute approximate surface area is 60.5 Å². The standard InChI is InChI=1S/C7H5N.ClH/c1-2-7-3-5-8-6-4-7;/h1,3-6H;1H. The van der Waals surface area contributed by atoms with Gasteiger partial charge in [-0.05, 0) is 12.1 Å². The Morgan fingerprint density at radius 3 is 2.22 bits per heavy atom. The highest BCUT2D eigenvalue weighted by atomic mass is 35.5. The number of aromatic nitrogens is 1. The molecule has 0 saturated carbocycles. The van der Waals surface area contributed by atoms with E-state index in [0.717, 1.165) is 5.56 Å². The molecule has 46 valence electrons.